The van der Waals surface area contributed by atoms with Gasteiger partial charge in [0.2, 0.25) is 0 Å². The van der Waals surface area contributed by atoms with Gasteiger partial charge in [0, 0.05) is 31.2 Å². The van der Waals surface area contributed by atoms with Crippen LogP contribution in [0.5, 0.6) is 0 Å². The van der Waals surface area contributed by atoms with Crippen LogP contribution < -0.4 is 4.72 Å². The van der Waals surface area contributed by atoms with Crippen LogP contribution in [0.15, 0.2) is 47.6 Å². The van der Waals surface area contributed by atoms with Crippen LogP contribution >= 0.6 is 0 Å². The molecule has 0 amide bonds. The van der Waals surface area contributed by atoms with Crippen molar-refractivity contribution in [3.8, 4) is 0 Å². The second kappa shape index (κ2) is 8.33. The van der Waals surface area contributed by atoms with E-state index in [1.807, 2.05) is 11.3 Å². The lowest BCUT2D eigenvalue weighted by Crippen LogP contribution is -2.50. The molecule has 11 nitrogen and oxygen atoms in total. The molecule has 1 aliphatic carbocycles. The Kier molecular flexibility index (Phi) is 5.44. The molecule has 1 aromatic carbocycles. The standard InChI is InChI=1S/C23H27N7O4S2/c1-15-4-6-18(7-5-15)35(31,32)29-11-8-20-23(29)24-14-21-25-26-22(30(20)21)19-13-17(12-16(19)2)27-36(33,34)28-9-3-10-28/h4-8,11,14,16-17,19,27H,3,9-10,12-13H2,1-2H3/t16-,17+,19+/m1/s1. The van der Waals surface area contributed by atoms with E-state index in [1.165, 1.54) is 20.7 Å². The third-order valence-electron chi connectivity index (χ3n) is 7.32. The largest absolute Gasteiger partial charge is 0.279 e. The van der Waals surface area contributed by atoms with Crippen molar-refractivity contribution in [1.29, 1.82) is 0 Å². The molecular weight excluding hydrogens is 502 g/mol. The van der Waals surface area contributed by atoms with Crippen LogP contribution in [0.25, 0.3) is 16.8 Å². The minimum Gasteiger partial charge on any atom is -0.274 e. The lowest BCUT2D eigenvalue weighted by molar-refractivity contribution is 0.301. The molecule has 13 heteroatoms. The van der Waals surface area contributed by atoms with Gasteiger partial charge in [-0.15, -0.1) is 10.2 Å². The van der Waals surface area contributed by atoms with E-state index in [4.69, 9.17) is 0 Å². The van der Waals surface area contributed by atoms with Crippen molar-refractivity contribution in [2.75, 3.05) is 13.1 Å². The van der Waals surface area contributed by atoms with Gasteiger partial charge in [-0.2, -0.15) is 17.4 Å². The number of nitrogens with zero attached hydrogens (tertiary/aromatic N) is 6. The summed E-state index contributed by atoms with van der Waals surface area (Å²) in [7, 11) is -7.33. The van der Waals surface area contributed by atoms with Crippen molar-refractivity contribution in [2.45, 2.75) is 50.0 Å². The highest BCUT2D eigenvalue weighted by Crippen LogP contribution is 2.40. The number of hydrogen-bond donors (Lipinski definition) is 1. The van der Waals surface area contributed by atoms with Gasteiger partial charge in [0.25, 0.3) is 20.2 Å². The number of hydrogen-bond acceptors (Lipinski definition) is 7. The summed E-state index contributed by atoms with van der Waals surface area (Å²) in [6.07, 6.45) is 5.17. The van der Waals surface area contributed by atoms with E-state index in [1.54, 1.807) is 30.3 Å². The molecule has 0 unspecified atom stereocenters. The smallest absolute Gasteiger partial charge is 0.274 e. The number of rotatable bonds is 6. The first-order valence-corrected chi connectivity index (χ1v) is 14.8. The quantitative estimate of drug-likeness (QED) is 0.404. The highest BCUT2D eigenvalue weighted by Gasteiger charge is 2.39. The lowest BCUT2D eigenvalue weighted by Gasteiger charge is -2.31. The highest BCUT2D eigenvalue weighted by molar-refractivity contribution is 7.90. The van der Waals surface area contributed by atoms with Crippen molar-refractivity contribution >= 4 is 37.0 Å². The zero-order chi connectivity index (χ0) is 25.2. The van der Waals surface area contributed by atoms with E-state index in [-0.39, 0.29) is 28.4 Å². The minimum absolute atomic E-state index is 0.0493. The summed E-state index contributed by atoms with van der Waals surface area (Å²) in [5, 5.41) is 8.72. The molecule has 190 valence electrons. The van der Waals surface area contributed by atoms with Crippen molar-refractivity contribution in [3.05, 3.63) is 54.1 Å². The molecule has 0 radical (unpaired) electrons. The molecule has 3 atom stereocenters. The number of benzene rings is 1. The van der Waals surface area contributed by atoms with Crippen LogP contribution in [-0.2, 0) is 20.2 Å². The van der Waals surface area contributed by atoms with Crippen LogP contribution in [0.3, 0.4) is 0 Å². The molecule has 2 aliphatic rings. The van der Waals surface area contributed by atoms with Crippen LogP contribution in [0.2, 0.25) is 0 Å². The van der Waals surface area contributed by atoms with Gasteiger partial charge in [-0.25, -0.2) is 17.4 Å². The molecule has 4 heterocycles. The number of nitrogens with one attached hydrogen (secondary N) is 1. The summed E-state index contributed by atoms with van der Waals surface area (Å²) in [6, 6.07) is 8.19. The number of aryl methyl sites for hydroxylation is 1. The third kappa shape index (κ3) is 3.72. The third-order valence-corrected chi connectivity index (χ3v) is 10.7. The molecule has 36 heavy (non-hydrogen) atoms. The van der Waals surface area contributed by atoms with Gasteiger partial charge in [-0.05, 0) is 50.3 Å². The molecular formula is C23H27N7O4S2. The molecule has 4 aromatic rings. The Hall–Kier alpha value is -2.87. The van der Waals surface area contributed by atoms with E-state index in [0.29, 0.717) is 42.9 Å². The zero-order valence-electron chi connectivity index (χ0n) is 19.9. The summed E-state index contributed by atoms with van der Waals surface area (Å²) in [4.78, 5) is 4.58. The Morgan fingerprint density at radius 3 is 2.44 bits per heavy atom. The Bertz CT molecular complexity index is 1670. The van der Waals surface area contributed by atoms with E-state index in [0.717, 1.165) is 12.0 Å². The van der Waals surface area contributed by atoms with Gasteiger partial charge >= 0.3 is 0 Å². The summed E-state index contributed by atoms with van der Waals surface area (Å²) >= 11 is 0. The molecule has 1 aliphatic heterocycles. The summed E-state index contributed by atoms with van der Waals surface area (Å²) in [5.74, 6) is 0.788. The SMILES string of the molecule is Cc1ccc(S(=O)(=O)n2ccc3c2ncc2nnc([C@H]4C[C@@H](NS(=O)(=O)N5CCC5)C[C@H]4C)n23)cc1. The van der Waals surface area contributed by atoms with Gasteiger partial charge in [0.15, 0.2) is 11.3 Å². The molecule has 0 bridgehead atoms. The normalized spacial score (nSPS) is 23.4. The van der Waals surface area contributed by atoms with E-state index >= 15 is 0 Å². The number of aromatic nitrogens is 5. The van der Waals surface area contributed by atoms with E-state index in [2.05, 4.69) is 26.8 Å². The van der Waals surface area contributed by atoms with Crippen molar-refractivity contribution in [3.63, 3.8) is 0 Å². The molecule has 0 spiro atoms. The Morgan fingerprint density at radius 1 is 1.00 bits per heavy atom. The minimum atomic E-state index is -3.85. The first kappa shape index (κ1) is 23.5. The van der Waals surface area contributed by atoms with Gasteiger partial charge in [0.1, 0.15) is 5.82 Å². The predicted molar refractivity (Wildman–Crippen MR) is 133 cm³/mol. The first-order chi connectivity index (χ1) is 17.1. The van der Waals surface area contributed by atoms with Crippen molar-refractivity contribution in [1.82, 2.24) is 32.6 Å². The maximum atomic E-state index is 13.4. The molecule has 1 saturated carbocycles. The van der Waals surface area contributed by atoms with Crippen LogP contribution in [-0.4, -0.2) is 63.8 Å². The van der Waals surface area contributed by atoms with E-state index < -0.39 is 20.2 Å². The maximum Gasteiger partial charge on any atom is 0.279 e. The van der Waals surface area contributed by atoms with Gasteiger partial charge in [-0.1, -0.05) is 24.6 Å². The van der Waals surface area contributed by atoms with Crippen molar-refractivity contribution in [2.24, 2.45) is 5.92 Å². The fraction of sp³-hybridized carbons (Fsp3) is 0.435. The molecule has 6 rings (SSSR count). The highest BCUT2D eigenvalue weighted by atomic mass is 32.2. The van der Waals surface area contributed by atoms with Crippen LogP contribution in [0.1, 0.15) is 43.5 Å². The topological polar surface area (TPSA) is 132 Å². The average Bonchev–Trinajstić information content (AvgIpc) is 3.48. The zero-order valence-corrected chi connectivity index (χ0v) is 21.6. The fourth-order valence-corrected chi connectivity index (χ4v) is 8.03. The van der Waals surface area contributed by atoms with Gasteiger partial charge < -0.3 is 0 Å². The van der Waals surface area contributed by atoms with E-state index in [9.17, 15) is 16.8 Å². The van der Waals surface area contributed by atoms with Crippen LogP contribution in [0.4, 0.5) is 0 Å². The Balaban J connectivity index is 1.37. The predicted octanol–water partition coefficient (Wildman–Crippen LogP) is 2.05. The van der Waals surface area contributed by atoms with Crippen LogP contribution in [0, 0.1) is 12.8 Å². The lowest BCUT2D eigenvalue weighted by atomic mass is 9.97. The Morgan fingerprint density at radius 2 is 1.75 bits per heavy atom. The number of fused-ring (bicyclic) bond motifs is 3. The molecule has 1 saturated heterocycles. The molecule has 1 N–H and O–H groups in total. The molecule has 2 fully saturated rings. The summed E-state index contributed by atoms with van der Waals surface area (Å²) < 4.78 is 59.3. The average molecular weight is 530 g/mol. The summed E-state index contributed by atoms with van der Waals surface area (Å²) in [6.45, 7) is 5.10. The second-order valence-electron chi connectivity index (χ2n) is 9.78. The first-order valence-electron chi connectivity index (χ1n) is 12.0. The summed E-state index contributed by atoms with van der Waals surface area (Å²) in [5.41, 5.74) is 2.35. The van der Waals surface area contributed by atoms with Crippen molar-refractivity contribution < 1.29 is 16.8 Å². The van der Waals surface area contributed by atoms with Gasteiger partial charge in [0.05, 0.1) is 16.6 Å². The molecule has 3 aromatic heterocycles. The fourth-order valence-electron chi connectivity index (χ4n) is 5.23. The monoisotopic (exact) mass is 529 g/mol. The van der Waals surface area contributed by atoms with Gasteiger partial charge in [-0.3, -0.25) is 4.40 Å². The maximum absolute atomic E-state index is 13.4. The second-order valence-corrected chi connectivity index (χ2v) is 13.3. The Labute approximate surface area is 209 Å².